The second-order valence-electron chi connectivity index (χ2n) is 15.8. The van der Waals surface area contributed by atoms with Gasteiger partial charge in [0.2, 0.25) is 5.91 Å². The number of fused-ring (bicyclic) bond motifs is 3. The number of ether oxygens (including phenoxy) is 1. The van der Waals surface area contributed by atoms with E-state index in [0.717, 1.165) is 0 Å². The lowest BCUT2D eigenvalue weighted by molar-refractivity contribution is -0.122. The largest absolute Gasteiger partial charge is 0.508 e. The van der Waals surface area contributed by atoms with Crippen molar-refractivity contribution in [1.29, 1.82) is 0 Å². The number of nitrogens with zero attached hydrogens (tertiary/aromatic N) is 4. The molecule has 66 heavy (non-hydrogen) atoms. The fraction of sp³-hybridized carbons (Fsp3) is 0.372. The second kappa shape index (κ2) is 20.6. The number of benzene rings is 3. The Balaban J connectivity index is 0.908. The van der Waals surface area contributed by atoms with E-state index in [9.17, 15) is 39.4 Å². The molecule has 1 saturated heterocycles. The van der Waals surface area contributed by atoms with Gasteiger partial charge in [-0.25, -0.2) is 24.3 Å². The summed E-state index contributed by atoms with van der Waals surface area (Å²) in [5, 5.41) is 51.4. The third-order valence-corrected chi connectivity index (χ3v) is 13.0. The number of nitrogens with one attached hydrogen (secondary N) is 3. The van der Waals surface area contributed by atoms with Crippen LogP contribution in [0.15, 0.2) is 76.5 Å². The number of hydrogen-bond donors (Lipinski definition) is 9. The minimum Gasteiger partial charge on any atom is -0.508 e. The topological polar surface area (TPSA) is 322 Å². The van der Waals surface area contributed by atoms with Crippen LogP contribution in [0, 0.1) is 5.92 Å². The minimum atomic E-state index is -4.38. The highest BCUT2D eigenvalue weighted by atomic mass is 32.1. The molecule has 3 aliphatic rings. The van der Waals surface area contributed by atoms with Crippen molar-refractivity contribution in [1.82, 2.24) is 29.9 Å². The number of anilines is 2. The number of aromatic carboxylic acids is 1. The predicted octanol–water partition coefficient (Wildman–Crippen LogP) is 4.49. The minimum absolute atomic E-state index is 0.0375. The van der Waals surface area contributed by atoms with Crippen LogP contribution in [0.4, 0.5) is 11.5 Å². The van der Waals surface area contributed by atoms with E-state index in [0.29, 0.717) is 66.4 Å². The average molecular weight is 948 g/mol. The highest BCUT2D eigenvalue weighted by molar-refractivity contribution is 7.80. The molecule has 23 heteroatoms. The summed E-state index contributed by atoms with van der Waals surface area (Å²) in [6.07, 6.45) is 0.228. The molecular weight excluding hydrogens is 898 g/mol. The molecule has 0 radical (unpaired) electrons. The van der Waals surface area contributed by atoms with Gasteiger partial charge in [0.25, 0.3) is 0 Å². The van der Waals surface area contributed by atoms with Crippen LogP contribution in [0.5, 0.6) is 5.75 Å². The zero-order chi connectivity index (χ0) is 47.3. The van der Waals surface area contributed by atoms with Gasteiger partial charge in [-0.05, 0) is 72.9 Å². The summed E-state index contributed by atoms with van der Waals surface area (Å²) < 4.78 is 38.5. The molecule has 7 atom stereocenters. The number of amides is 1. The van der Waals surface area contributed by atoms with E-state index >= 15 is 0 Å². The molecule has 1 aliphatic carbocycles. The molecule has 2 aliphatic heterocycles. The Morgan fingerprint density at radius 3 is 2.55 bits per heavy atom. The van der Waals surface area contributed by atoms with Gasteiger partial charge in [-0.2, -0.15) is 0 Å². The van der Waals surface area contributed by atoms with Gasteiger partial charge < -0.3 is 51.7 Å². The quantitative estimate of drug-likeness (QED) is 0.0234. The molecule has 0 bridgehead atoms. The molecule has 11 N–H and O–H groups in total. The molecule has 2 aromatic heterocycles. The van der Waals surface area contributed by atoms with E-state index in [2.05, 4.69) is 30.7 Å². The highest BCUT2D eigenvalue weighted by Crippen LogP contribution is 2.46. The highest BCUT2D eigenvalue weighted by Gasteiger charge is 2.46. The van der Waals surface area contributed by atoms with E-state index < -0.39 is 56.8 Å². The van der Waals surface area contributed by atoms with Crippen LogP contribution >= 0.6 is 20.0 Å². The van der Waals surface area contributed by atoms with E-state index in [1.807, 2.05) is 6.92 Å². The molecule has 1 amide bonds. The van der Waals surface area contributed by atoms with Crippen molar-refractivity contribution in [2.75, 3.05) is 30.8 Å². The average Bonchev–Trinajstić information content (AvgIpc) is 3.85. The number of phenols is 1. The maximum Gasteiger partial charge on any atom is 0.435 e. The maximum atomic E-state index is 14.0. The molecule has 1 fully saturated rings. The lowest BCUT2D eigenvalue weighted by atomic mass is 9.90. The van der Waals surface area contributed by atoms with Crippen molar-refractivity contribution in [3.8, 4) is 28.2 Å². The van der Waals surface area contributed by atoms with Gasteiger partial charge in [-0.1, -0.05) is 39.2 Å². The molecule has 4 aromatic rings. The summed E-state index contributed by atoms with van der Waals surface area (Å²) in [5.41, 5.74) is 14.3. The monoisotopic (exact) mass is 947 g/mol. The van der Waals surface area contributed by atoms with Gasteiger partial charge in [0.15, 0.2) is 28.2 Å². The third kappa shape index (κ3) is 10.6. The summed E-state index contributed by atoms with van der Waals surface area (Å²) in [6.45, 7) is 3.49. The number of thiocarbonyl (C=S) groups is 1. The van der Waals surface area contributed by atoms with Crippen molar-refractivity contribution in [2.24, 2.45) is 11.7 Å². The Bertz CT molecular complexity index is 2830. The van der Waals surface area contributed by atoms with Gasteiger partial charge in [-0.3, -0.25) is 28.3 Å². The van der Waals surface area contributed by atoms with Gasteiger partial charge in [0, 0.05) is 40.9 Å². The van der Waals surface area contributed by atoms with Crippen molar-refractivity contribution >= 4 is 70.6 Å². The Kier molecular flexibility index (Phi) is 14.9. The molecule has 4 heterocycles. The summed E-state index contributed by atoms with van der Waals surface area (Å²) in [5.74, 6) is -1.90. The lowest BCUT2D eigenvalue weighted by Crippen LogP contribution is -2.44. The zero-order valence-corrected chi connectivity index (χ0v) is 37.5. The first-order chi connectivity index (χ1) is 31.6. The number of unbranched alkanes of at least 4 members (excludes halogenated alkanes) is 3. The number of imidazole rings is 1. The molecule has 2 aromatic carbocycles. The number of aliphatic hydroxyl groups excluding tert-OH is 2. The molecule has 0 saturated carbocycles. The SMILES string of the molecule is CC[C@H](C)[C@H](N)C(=O)NP(=O)(OCCCCCCNC(=S)Nc1ccc(-c2c3ccc(=O)cc-3oc3cc(O)ccc23)c(C(=O)O)c1)OC[C@H]1O[C@@H](n2cnc3c(N)ncnc32)[C@H](O)[C@@H]1O. The van der Waals surface area contributed by atoms with Crippen molar-refractivity contribution in [3.63, 3.8) is 0 Å². The Morgan fingerprint density at radius 2 is 1.77 bits per heavy atom. The van der Waals surface area contributed by atoms with Gasteiger partial charge in [0.05, 0.1) is 31.1 Å². The van der Waals surface area contributed by atoms with Gasteiger partial charge in [-0.15, -0.1) is 0 Å². The number of rotatable bonds is 19. The maximum absolute atomic E-state index is 14.0. The summed E-state index contributed by atoms with van der Waals surface area (Å²) in [4.78, 5) is 50.0. The smallest absolute Gasteiger partial charge is 0.435 e. The fourth-order valence-electron chi connectivity index (χ4n) is 7.46. The van der Waals surface area contributed by atoms with Crippen molar-refractivity contribution < 1.29 is 52.8 Å². The number of phenolic OH excluding ortho intramolecular Hbond substituents is 1. The predicted molar refractivity (Wildman–Crippen MR) is 247 cm³/mol. The Labute approximate surface area is 382 Å². The first kappa shape index (κ1) is 47.9. The summed E-state index contributed by atoms with van der Waals surface area (Å²) in [7, 11) is -4.38. The number of carbonyl (C=O) groups excluding carboxylic acids is 1. The van der Waals surface area contributed by atoms with E-state index in [-0.39, 0.29) is 62.7 Å². The number of carboxylic acids is 1. The van der Waals surface area contributed by atoms with Crippen LogP contribution < -0.4 is 32.6 Å². The fourth-order valence-corrected chi connectivity index (χ4v) is 9.01. The summed E-state index contributed by atoms with van der Waals surface area (Å²) in [6, 6.07) is 12.5. The molecular formula is C43H50N9O12PS. The van der Waals surface area contributed by atoms with Gasteiger partial charge >= 0.3 is 13.7 Å². The van der Waals surface area contributed by atoms with Crippen LogP contribution in [-0.4, -0.2) is 101 Å². The van der Waals surface area contributed by atoms with Crippen molar-refractivity contribution in [2.45, 2.75) is 76.5 Å². The molecule has 21 nitrogen and oxygen atoms in total. The number of nitrogens with two attached hydrogens (primary N) is 2. The van der Waals surface area contributed by atoms with Crippen molar-refractivity contribution in [3.05, 3.63) is 83.0 Å². The van der Waals surface area contributed by atoms with Crippen LogP contribution in [0.1, 0.15) is 62.5 Å². The normalized spacial score (nSPS) is 19.1. The second-order valence-corrected chi connectivity index (χ2v) is 18.0. The van der Waals surface area contributed by atoms with Crippen LogP contribution in [0.3, 0.4) is 0 Å². The number of nitrogen functional groups attached to an aromatic ring is 1. The first-order valence-corrected chi connectivity index (χ1v) is 23.1. The van der Waals surface area contributed by atoms with E-state index in [1.54, 1.807) is 31.2 Å². The number of hydrogen-bond acceptors (Lipinski definition) is 17. The van der Waals surface area contributed by atoms with E-state index in [4.69, 9.17) is 41.9 Å². The summed E-state index contributed by atoms with van der Waals surface area (Å²) >= 11 is 5.49. The first-order valence-electron chi connectivity index (χ1n) is 21.1. The molecule has 350 valence electrons. The lowest BCUT2D eigenvalue weighted by Gasteiger charge is -2.24. The van der Waals surface area contributed by atoms with Crippen LogP contribution in [-0.2, 0) is 23.1 Å². The Hall–Kier alpha value is -6.10. The van der Waals surface area contributed by atoms with Crippen LogP contribution in [0.25, 0.3) is 44.6 Å². The number of aromatic nitrogens is 4. The molecule has 1 unspecified atom stereocenters. The third-order valence-electron chi connectivity index (χ3n) is 11.3. The van der Waals surface area contributed by atoms with Crippen LogP contribution in [0.2, 0.25) is 0 Å². The number of carboxylic acid groups (broad SMARTS) is 1. The van der Waals surface area contributed by atoms with Gasteiger partial charge in [0.1, 0.15) is 47.2 Å². The number of aliphatic hydroxyl groups is 2. The zero-order valence-electron chi connectivity index (χ0n) is 35.8. The number of aromatic hydroxyl groups is 1. The molecule has 0 spiro atoms. The van der Waals surface area contributed by atoms with E-state index in [1.165, 1.54) is 47.6 Å². The standard InChI is InChI=1S/C43H50N9O12PS/c1-3-22(2)34(44)40(57)51-65(60,62-19-32-36(55)37(56)41(64-32)52-21-49-35-38(45)47-20-48-39(35)52)61-15-7-5-4-6-14-46-43(66)50-23-8-11-26(29(16-23)42(58)59)33-27-12-9-24(53)17-30(27)63-31-18-25(54)10-13-28(31)33/h8-13,16-18,20-22,32,34,36-37,41,53,55-56H,3-7,14-15,19,44H2,1-2H3,(H,58,59)(H2,45,47,48)(H2,46,50,66)(H,51,57,60)/t22-,32+,34-,36+,37+,41+,65?/m0/s1. The number of carbonyl (C=O) groups is 2. The molecule has 7 rings (SSSR count). The Morgan fingerprint density at radius 1 is 1.00 bits per heavy atom.